The van der Waals surface area contributed by atoms with Crippen LogP contribution in [-0.4, -0.2) is 26.0 Å². The third-order valence-electron chi connectivity index (χ3n) is 3.54. The largest absolute Gasteiger partial charge is 0.336 e. The normalized spacial score (nSPS) is 20.7. The van der Waals surface area contributed by atoms with Crippen LogP contribution in [0.1, 0.15) is 36.1 Å². The van der Waals surface area contributed by atoms with Gasteiger partial charge in [-0.2, -0.15) is 0 Å². The highest BCUT2D eigenvalue weighted by atomic mass is 32.1. The summed E-state index contributed by atoms with van der Waals surface area (Å²) in [5.41, 5.74) is 4.19. The summed E-state index contributed by atoms with van der Waals surface area (Å²) < 4.78 is 2.17. The Bertz CT molecular complexity index is 517. The maximum Gasteiger partial charge on any atom is 0.126 e. The van der Waals surface area contributed by atoms with Gasteiger partial charge in [0.05, 0.1) is 22.9 Å². The SMILES string of the molecule is Cc1cn(C)c([C@@H]2CCCN2Cc2cscn2)n1. The van der Waals surface area contributed by atoms with Gasteiger partial charge >= 0.3 is 0 Å². The van der Waals surface area contributed by atoms with E-state index in [4.69, 9.17) is 0 Å². The Labute approximate surface area is 111 Å². The van der Waals surface area contributed by atoms with Gasteiger partial charge in [-0.25, -0.2) is 9.97 Å². The first-order valence-electron chi connectivity index (χ1n) is 6.35. The Morgan fingerprint density at radius 3 is 3.06 bits per heavy atom. The molecule has 1 atom stereocenters. The van der Waals surface area contributed by atoms with Crippen LogP contribution in [0.5, 0.6) is 0 Å². The number of imidazole rings is 1. The van der Waals surface area contributed by atoms with E-state index in [1.54, 1.807) is 11.3 Å². The van der Waals surface area contributed by atoms with Crippen molar-refractivity contribution in [3.05, 3.63) is 34.3 Å². The first kappa shape index (κ1) is 11.9. The fourth-order valence-corrected chi connectivity index (χ4v) is 3.33. The van der Waals surface area contributed by atoms with E-state index >= 15 is 0 Å². The monoisotopic (exact) mass is 262 g/mol. The number of rotatable bonds is 3. The minimum atomic E-state index is 0.449. The quantitative estimate of drug-likeness (QED) is 0.852. The summed E-state index contributed by atoms with van der Waals surface area (Å²) in [6.07, 6.45) is 4.56. The summed E-state index contributed by atoms with van der Waals surface area (Å²) in [6, 6.07) is 0.449. The molecule has 2 aromatic heterocycles. The minimum Gasteiger partial charge on any atom is -0.336 e. The van der Waals surface area contributed by atoms with E-state index in [1.165, 1.54) is 24.4 Å². The second-order valence-electron chi connectivity index (χ2n) is 4.96. The van der Waals surface area contributed by atoms with Crippen molar-refractivity contribution < 1.29 is 0 Å². The summed E-state index contributed by atoms with van der Waals surface area (Å²) in [5, 5.41) is 2.14. The van der Waals surface area contributed by atoms with Crippen LogP contribution >= 0.6 is 11.3 Å². The van der Waals surface area contributed by atoms with Crippen molar-refractivity contribution in [3.63, 3.8) is 0 Å². The molecule has 0 N–H and O–H groups in total. The van der Waals surface area contributed by atoms with Crippen LogP contribution in [0.15, 0.2) is 17.1 Å². The van der Waals surface area contributed by atoms with Gasteiger partial charge in [-0.1, -0.05) is 0 Å². The average Bonchev–Trinajstić information content (AvgIpc) is 3.02. The molecule has 0 unspecified atom stereocenters. The number of nitrogens with zero attached hydrogens (tertiary/aromatic N) is 4. The zero-order chi connectivity index (χ0) is 12.5. The second kappa shape index (κ2) is 4.82. The zero-order valence-corrected chi connectivity index (χ0v) is 11.7. The van der Waals surface area contributed by atoms with Crippen LogP contribution in [-0.2, 0) is 13.6 Å². The summed E-state index contributed by atoms with van der Waals surface area (Å²) in [6.45, 7) is 4.15. The molecule has 5 heteroatoms. The molecule has 3 heterocycles. The highest BCUT2D eigenvalue weighted by Crippen LogP contribution is 2.32. The number of aryl methyl sites for hydroxylation is 2. The Morgan fingerprint density at radius 2 is 2.39 bits per heavy atom. The van der Waals surface area contributed by atoms with Gasteiger partial charge in [0.2, 0.25) is 0 Å². The molecular weight excluding hydrogens is 244 g/mol. The number of likely N-dealkylation sites (tertiary alicyclic amines) is 1. The van der Waals surface area contributed by atoms with E-state index in [9.17, 15) is 0 Å². The lowest BCUT2D eigenvalue weighted by Gasteiger charge is -2.23. The minimum absolute atomic E-state index is 0.449. The molecule has 18 heavy (non-hydrogen) atoms. The van der Waals surface area contributed by atoms with E-state index in [2.05, 4.69) is 45.0 Å². The number of hydrogen-bond donors (Lipinski definition) is 0. The van der Waals surface area contributed by atoms with Gasteiger partial charge < -0.3 is 4.57 Å². The van der Waals surface area contributed by atoms with Crippen LogP contribution in [0.2, 0.25) is 0 Å². The van der Waals surface area contributed by atoms with Crippen LogP contribution in [0.4, 0.5) is 0 Å². The van der Waals surface area contributed by atoms with Crippen molar-refractivity contribution in [1.29, 1.82) is 0 Å². The van der Waals surface area contributed by atoms with Gasteiger partial charge in [-0.05, 0) is 26.3 Å². The lowest BCUT2D eigenvalue weighted by atomic mass is 10.2. The van der Waals surface area contributed by atoms with E-state index in [0.29, 0.717) is 6.04 Å². The second-order valence-corrected chi connectivity index (χ2v) is 5.68. The average molecular weight is 262 g/mol. The molecule has 0 amide bonds. The van der Waals surface area contributed by atoms with Gasteiger partial charge in [-0.3, -0.25) is 4.90 Å². The molecule has 0 saturated carbocycles. The molecule has 0 aromatic carbocycles. The van der Waals surface area contributed by atoms with Crippen LogP contribution in [0.25, 0.3) is 0 Å². The third-order valence-corrected chi connectivity index (χ3v) is 4.18. The molecule has 1 aliphatic heterocycles. The summed E-state index contributed by atoms with van der Waals surface area (Å²) in [5.74, 6) is 1.19. The topological polar surface area (TPSA) is 34.0 Å². The molecule has 96 valence electrons. The van der Waals surface area contributed by atoms with Crippen molar-refractivity contribution in [3.8, 4) is 0 Å². The van der Waals surface area contributed by atoms with E-state index in [1.807, 2.05) is 5.51 Å². The van der Waals surface area contributed by atoms with Crippen LogP contribution in [0, 0.1) is 6.92 Å². The molecule has 1 aliphatic rings. The zero-order valence-electron chi connectivity index (χ0n) is 10.8. The molecule has 3 rings (SSSR count). The predicted octanol–water partition coefficient (Wildman–Crippen LogP) is 2.52. The Balaban J connectivity index is 1.81. The number of aromatic nitrogens is 3. The van der Waals surface area contributed by atoms with Crippen molar-refractivity contribution in [2.75, 3.05) is 6.54 Å². The van der Waals surface area contributed by atoms with E-state index < -0.39 is 0 Å². The highest BCUT2D eigenvalue weighted by Gasteiger charge is 2.29. The first-order valence-corrected chi connectivity index (χ1v) is 7.29. The van der Waals surface area contributed by atoms with E-state index in [-0.39, 0.29) is 0 Å². The molecular formula is C13H18N4S. The Kier molecular flexibility index (Phi) is 3.18. The van der Waals surface area contributed by atoms with Crippen molar-refractivity contribution >= 4 is 11.3 Å². The van der Waals surface area contributed by atoms with Crippen molar-refractivity contribution in [1.82, 2.24) is 19.4 Å². The van der Waals surface area contributed by atoms with Crippen molar-refractivity contribution in [2.24, 2.45) is 7.05 Å². The van der Waals surface area contributed by atoms with Gasteiger partial charge in [0.25, 0.3) is 0 Å². The smallest absolute Gasteiger partial charge is 0.126 e. The Hall–Kier alpha value is -1.20. The van der Waals surface area contributed by atoms with Gasteiger partial charge in [-0.15, -0.1) is 11.3 Å². The summed E-state index contributed by atoms with van der Waals surface area (Å²) in [4.78, 5) is 11.6. The molecule has 0 spiro atoms. The predicted molar refractivity (Wildman–Crippen MR) is 72.4 cm³/mol. The fraction of sp³-hybridized carbons (Fsp3) is 0.538. The van der Waals surface area contributed by atoms with Crippen molar-refractivity contribution in [2.45, 2.75) is 32.4 Å². The molecule has 4 nitrogen and oxygen atoms in total. The standard InChI is InChI=1S/C13H18N4S/c1-10-6-16(2)13(15-10)12-4-3-5-17(12)7-11-8-18-9-14-11/h6,8-9,12H,3-5,7H2,1-2H3/t12-/m0/s1. The molecule has 2 aromatic rings. The molecule has 0 aliphatic carbocycles. The number of thiazole rings is 1. The van der Waals surface area contributed by atoms with Gasteiger partial charge in [0.1, 0.15) is 5.82 Å². The summed E-state index contributed by atoms with van der Waals surface area (Å²) in [7, 11) is 2.09. The molecule has 1 saturated heterocycles. The molecule has 1 fully saturated rings. The number of hydrogen-bond acceptors (Lipinski definition) is 4. The Morgan fingerprint density at radius 1 is 1.50 bits per heavy atom. The first-order chi connectivity index (χ1) is 8.74. The third kappa shape index (κ3) is 2.20. The maximum atomic E-state index is 4.68. The molecule has 0 bridgehead atoms. The van der Waals surface area contributed by atoms with Crippen LogP contribution < -0.4 is 0 Å². The van der Waals surface area contributed by atoms with Gasteiger partial charge in [0, 0.05) is 25.2 Å². The molecule has 0 radical (unpaired) electrons. The lowest BCUT2D eigenvalue weighted by Crippen LogP contribution is -2.25. The lowest BCUT2D eigenvalue weighted by molar-refractivity contribution is 0.234. The summed E-state index contributed by atoms with van der Waals surface area (Å²) >= 11 is 1.67. The van der Waals surface area contributed by atoms with E-state index in [0.717, 1.165) is 18.8 Å². The van der Waals surface area contributed by atoms with Gasteiger partial charge in [0.15, 0.2) is 0 Å². The highest BCUT2D eigenvalue weighted by molar-refractivity contribution is 7.07. The maximum absolute atomic E-state index is 4.68. The fourth-order valence-electron chi connectivity index (χ4n) is 2.78. The van der Waals surface area contributed by atoms with Crippen LogP contribution in [0.3, 0.4) is 0 Å².